The maximum absolute atomic E-state index is 12.7. The van der Waals surface area contributed by atoms with Gasteiger partial charge in [-0.15, -0.1) is 10.2 Å². The Kier molecular flexibility index (Phi) is 4.80. The molecule has 0 saturated heterocycles. The minimum absolute atomic E-state index is 0.149. The van der Waals surface area contributed by atoms with Gasteiger partial charge in [0.1, 0.15) is 12.2 Å². The van der Waals surface area contributed by atoms with Gasteiger partial charge in [0.15, 0.2) is 5.01 Å². The zero-order valence-electron chi connectivity index (χ0n) is 12.9. The lowest BCUT2D eigenvalue weighted by molar-refractivity contribution is -0.138. The largest absolute Gasteiger partial charge is 0.417 e. The minimum atomic E-state index is -4.61. The number of carbonyl (C=O) groups is 1. The number of halogens is 3. The lowest BCUT2D eigenvalue weighted by atomic mass is 10.3. The van der Waals surface area contributed by atoms with Gasteiger partial charge in [0, 0.05) is 18.5 Å². The Balaban J connectivity index is 1.72. The Bertz CT molecular complexity index is 985. The highest BCUT2D eigenvalue weighted by Crippen LogP contribution is 2.28. The van der Waals surface area contributed by atoms with Crippen molar-refractivity contribution in [2.45, 2.75) is 12.7 Å². The molecule has 0 aliphatic heterocycles. The van der Waals surface area contributed by atoms with Crippen molar-refractivity contribution in [2.24, 2.45) is 0 Å². The van der Waals surface area contributed by atoms with E-state index in [4.69, 9.17) is 0 Å². The summed E-state index contributed by atoms with van der Waals surface area (Å²) in [6.07, 6.45) is -2.43. The number of anilines is 1. The summed E-state index contributed by atoms with van der Waals surface area (Å²) in [6.45, 7) is -0.582. The summed E-state index contributed by atoms with van der Waals surface area (Å²) in [5.41, 5.74) is -1.17. The number of hydrogen-bond donors (Lipinski definition) is 1. The van der Waals surface area contributed by atoms with Gasteiger partial charge in [-0.25, -0.2) is 0 Å². The normalized spacial score (nSPS) is 11.3. The molecule has 3 rings (SSSR count). The number of nitrogens with zero attached hydrogens (tertiary/aromatic N) is 4. The summed E-state index contributed by atoms with van der Waals surface area (Å²) >= 11 is 1.05. The third kappa shape index (κ3) is 4.11. The molecular formula is C15H10F3N5O2S. The first-order chi connectivity index (χ1) is 12.3. The van der Waals surface area contributed by atoms with Crippen LogP contribution in [0.15, 0.2) is 47.5 Å². The number of nitrogens with one attached hydrogen (secondary N) is 1. The average Bonchev–Trinajstić information content (AvgIpc) is 3.05. The Morgan fingerprint density at radius 2 is 2.00 bits per heavy atom. The summed E-state index contributed by atoms with van der Waals surface area (Å²) in [6, 6.07) is 6.65. The van der Waals surface area contributed by atoms with Crippen LogP contribution in [-0.2, 0) is 17.5 Å². The fourth-order valence-corrected chi connectivity index (χ4v) is 2.74. The van der Waals surface area contributed by atoms with Crippen molar-refractivity contribution in [1.82, 2.24) is 19.7 Å². The van der Waals surface area contributed by atoms with E-state index in [0.717, 1.165) is 17.4 Å². The second kappa shape index (κ2) is 7.04. The van der Waals surface area contributed by atoms with Crippen LogP contribution >= 0.6 is 11.3 Å². The molecule has 134 valence electrons. The highest BCUT2D eigenvalue weighted by atomic mass is 32.1. The van der Waals surface area contributed by atoms with Crippen LogP contribution in [0.5, 0.6) is 0 Å². The maximum atomic E-state index is 12.7. The van der Waals surface area contributed by atoms with E-state index >= 15 is 0 Å². The highest BCUT2D eigenvalue weighted by molar-refractivity contribution is 7.18. The second-order valence-corrected chi connectivity index (χ2v) is 6.03. The number of hydrogen-bond acceptors (Lipinski definition) is 6. The van der Waals surface area contributed by atoms with Crippen molar-refractivity contribution in [3.8, 4) is 10.7 Å². The molecular weight excluding hydrogens is 371 g/mol. The van der Waals surface area contributed by atoms with E-state index in [-0.39, 0.29) is 5.13 Å². The molecule has 0 bridgehead atoms. The van der Waals surface area contributed by atoms with E-state index < -0.39 is 29.8 Å². The molecule has 0 radical (unpaired) electrons. The first-order valence-corrected chi connectivity index (χ1v) is 7.97. The van der Waals surface area contributed by atoms with Crippen molar-refractivity contribution in [3.63, 3.8) is 0 Å². The number of amides is 1. The van der Waals surface area contributed by atoms with Gasteiger partial charge in [-0.1, -0.05) is 17.4 Å². The third-order valence-electron chi connectivity index (χ3n) is 3.18. The van der Waals surface area contributed by atoms with Crippen molar-refractivity contribution in [1.29, 1.82) is 0 Å². The van der Waals surface area contributed by atoms with Gasteiger partial charge in [0.25, 0.3) is 5.56 Å². The molecule has 0 spiro atoms. The summed E-state index contributed by atoms with van der Waals surface area (Å²) in [5, 5.41) is 10.7. The van der Waals surface area contributed by atoms with Crippen LogP contribution in [0.25, 0.3) is 10.7 Å². The molecule has 3 aromatic heterocycles. The van der Waals surface area contributed by atoms with Crippen molar-refractivity contribution in [3.05, 3.63) is 58.6 Å². The van der Waals surface area contributed by atoms with Crippen molar-refractivity contribution in [2.75, 3.05) is 5.32 Å². The predicted molar refractivity (Wildman–Crippen MR) is 87.5 cm³/mol. The third-order valence-corrected chi connectivity index (χ3v) is 4.04. The first-order valence-electron chi connectivity index (χ1n) is 7.15. The zero-order valence-corrected chi connectivity index (χ0v) is 13.7. The van der Waals surface area contributed by atoms with E-state index in [9.17, 15) is 22.8 Å². The molecule has 11 heteroatoms. The predicted octanol–water partition coefficient (Wildman–Crippen LogP) is 2.42. The standard InChI is InChI=1S/C15H10F3N5O2S/c16-15(17,18)9-4-5-12(25)23(7-9)8-11(24)20-14-22-21-13(26-14)10-3-1-2-6-19-10/h1-7H,8H2,(H,20,22,24). The molecule has 1 N–H and O–H groups in total. The lowest BCUT2D eigenvalue weighted by Crippen LogP contribution is -2.28. The van der Waals surface area contributed by atoms with Crippen LogP contribution in [0.2, 0.25) is 0 Å². The molecule has 3 aromatic rings. The Morgan fingerprint density at radius 1 is 1.19 bits per heavy atom. The summed E-state index contributed by atoms with van der Waals surface area (Å²) in [7, 11) is 0. The van der Waals surface area contributed by atoms with Gasteiger partial charge in [0.05, 0.1) is 5.56 Å². The van der Waals surface area contributed by atoms with Gasteiger partial charge in [-0.3, -0.25) is 19.9 Å². The molecule has 0 aliphatic rings. The lowest BCUT2D eigenvalue weighted by Gasteiger charge is -2.10. The molecule has 7 nitrogen and oxygen atoms in total. The first kappa shape index (κ1) is 17.7. The molecule has 0 unspecified atom stereocenters. The minimum Gasteiger partial charge on any atom is -0.305 e. The van der Waals surface area contributed by atoms with Gasteiger partial charge in [0.2, 0.25) is 11.0 Å². The SMILES string of the molecule is O=C(Cn1cc(C(F)(F)F)ccc1=O)Nc1nnc(-c2ccccn2)s1. The van der Waals surface area contributed by atoms with E-state index in [1.165, 1.54) is 0 Å². The fraction of sp³-hybridized carbons (Fsp3) is 0.133. The van der Waals surface area contributed by atoms with Gasteiger partial charge in [-0.2, -0.15) is 13.2 Å². The summed E-state index contributed by atoms with van der Waals surface area (Å²) in [5.74, 6) is -0.699. The number of rotatable bonds is 4. The van der Waals surface area contributed by atoms with Crippen molar-refractivity contribution < 1.29 is 18.0 Å². The quantitative estimate of drug-likeness (QED) is 0.750. The molecule has 0 aromatic carbocycles. The summed E-state index contributed by atoms with van der Waals surface area (Å²) in [4.78, 5) is 27.8. The number of aromatic nitrogens is 4. The van der Waals surface area contributed by atoms with Crippen LogP contribution in [0, 0.1) is 0 Å². The van der Waals surface area contributed by atoms with Crippen LogP contribution in [0.1, 0.15) is 5.56 Å². The Hall–Kier alpha value is -3.08. The van der Waals surface area contributed by atoms with Crippen molar-refractivity contribution >= 4 is 22.4 Å². The van der Waals surface area contributed by atoms with Gasteiger partial charge < -0.3 is 4.57 Å². The molecule has 0 aliphatic carbocycles. The molecule has 0 fully saturated rings. The smallest absolute Gasteiger partial charge is 0.305 e. The number of carbonyl (C=O) groups excluding carboxylic acids is 1. The molecule has 26 heavy (non-hydrogen) atoms. The topological polar surface area (TPSA) is 89.8 Å². The average molecular weight is 381 g/mol. The van der Waals surface area contributed by atoms with E-state index in [2.05, 4.69) is 20.5 Å². The zero-order chi connectivity index (χ0) is 18.7. The molecule has 3 heterocycles. The molecule has 0 saturated carbocycles. The van der Waals surface area contributed by atoms with Gasteiger partial charge >= 0.3 is 6.18 Å². The summed E-state index contributed by atoms with van der Waals surface area (Å²) < 4.78 is 38.8. The van der Waals surface area contributed by atoms with Crippen LogP contribution in [0.3, 0.4) is 0 Å². The van der Waals surface area contributed by atoms with E-state index in [1.54, 1.807) is 24.4 Å². The maximum Gasteiger partial charge on any atom is 0.417 e. The van der Waals surface area contributed by atoms with Gasteiger partial charge in [-0.05, 0) is 18.2 Å². The molecule has 0 atom stereocenters. The number of alkyl halides is 3. The van der Waals surface area contributed by atoms with E-state index in [0.29, 0.717) is 27.5 Å². The monoisotopic (exact) mass is 381 g/mol. The van der Waals surface area contributed by atoms with Crippen LogP contribution < -0.4 is 10.9 Å². The Labute approximate surface area is 148 Å². The molecule has 1 amide bonds. The second-order valence-electron chi connectivity index (χ2n) is 5.06. The fourth-order valence-electron chi connectivity index (χ4n) is 2.00. The van der Waals surface area contributed by atoms with Crippen LogP contribution in [-0.4, -0.2) is 25.7 Å². The number of pyridine rings is 2. The Morgan fingerprint density at radius 3 is 2.69 bits per heavy atom. The highest BCUT2D eigenvalue weighted by Gasteiger charge is 2.31. The van der Waals surface area contributed by atoms with E-state index in [1.807, 2.05) is 0 Å². The van der Waals surface area contributed by atoms with Crippen LogP contribution in [0.4, 0.5) is 18.3 Å².